The molecule has 2 rings (SSSR count). The minimum absolute atomic E-state index is 0.234. The fraction of sp³-hybridized carbons (Fsp3) is 0.571. The Morgan fingerprint density at radius 1 is 1.47 bits per heavy atom. The van der Waals surface area contributed by atoms with E-state index in [1.165, 1.54) is 19.3 Å². The third-order valence-electron chi connectivity index (χ3n) is 3.73. The minimum Gasteiger partial charge on any atom is -0.508 e. The molecule has 0 saturated carbocycles. The Labute approximate surface area is 103 Å². The summed E-state index contributed by atoms with van der Waals surface area (Å²) in [7, 11) is 0. The predicted molar refractivity (Wildman–Crippen MR) is 69.9 cm³/mol. The van der Waals surface area contributed by atoms with Gasteiger partial charge >= 0.3 is 0 Å². The second-order valence-corrected chi connectivity index (χ2v) is 4.93. The number of phenolic OH excluding ortho intramolecular Hbond substituents is 1. The van der Waals surface area contributed by atoms with Crippen LogP contribution in [0.25, 0.3) is 0 Å². The molecule has 17 heavy (non-hydrogen) atoms. The zero-order chi connectivity index (χ0) is 12.3. The van der Waals surface area contributed by atoms with Gasteiger partial charge < -0.3 is 10.8 Å². The molecule has 0 amide bonds. The summed E-state index contributed by atoms with van der Waals surface area (Å²) >= 11 is 0. The van der Waals surface area contributed by atoms with E-state index in [0.717, 1.165) is 12.1 Å². The number of piperidine rings is 1. The molecule has 1 aromatic carbocycles. The first-order chi connectivity index (χ1) is 8.22. The van der Waals surface area contributed by atoms with Crippen LogP contribution in [0.1, 0.15) is 37.8 Å². The Morgan fingerprint density at radius 3 is 2.94 bits per heavy atom. The van der Waals surface area contributed by atoms with Crippen molar-refractivity contribution in [3.8, 4) is 5.75 Å². The van der Waals surface area contributed by atoms with Gasteiger partial charge in [-0.3, -0.25) is 4.90 Å². The molecule has 2 atom stereocenters. The lowest BCUT2D eigenvalue weighted by molar-refractivity contribution is 0.109. The van der Waals surface area contributed by atoms with Crippen molar-refractivity contribution in [1.82, 2.24) is 4.90 Å². The lowest BCUT2D eigenvalue weighted by Crippen LogP contribution is -2.43. The molecule has 94 valence electrons. The number of aromatic hydroxyl groups is 1. The van der Waals surface area contributed by atoms with Gasteiger partial charge in [0.1, 0.15) is 5.75 Å². The quantitative estimate of drug-likeness (QED) is 0.843. The number of likely N-dealkylation sites (tertiary alicyclic amines) is 1. The largest absolute Gasteiger partial charge is 0.508 e. The van der Waals surface area contributed by atoms with Crippen LogP contribution < -0.4 is 5.73 Å². The van der Waals surface area contributed by atoms with Crippen LogP contribution in [0.4, 0.5) is 0 Å². The second kappa shape index (κ2) is 5.52. The van der Waals surface area contributed by atoms with E-state index in [9.17, 15) is 5.11 Å². The first-order valence-corrected chi connectivity index (χ1v) is 6.47. The van der Waals surface area contributed by atoms with Gasteiger partial charge in [0.25, 0.3) is 0 Å². The average Bonchev–Trinajstić information content (AvgIpc) is 2.33. The number of nitrogens with zero attached hydrogens (tertiary/aromatic N) is 1. The van der Waals surface area contributed by atoms with Crippen molar-refractivity contribution >= 4 is 0 Å². The third-order valence-corrected chi connectivity index (χ3v) is 3.73. The fourth-order valence-corrected chi connectivity index (χ4v) is 2.78. The summed E-state index contributed by atoms with van der Waals surface area (Å²) in [6.45, 7) is 3.98. The topological polar surface area (TPSA) is 49.5 Å². The van der Waals surface area contributed by atoms with Gasteiger partial charge in [0.2, 0.25) is 0 Å². The van der Waals surface area contributed by atoms with Crippen molar-refractivity contribution < 1.29 is 5.11 Å². The van der Waals surface area contributed by atoms with Crippen LogP contribution in [-0.4, -0.2) is 29.1 Å². The van der Waals surface area contributed by atoms with Gasteiger partial charge in [-0.25, -0.2) is 0 Å². The van der Waals surface area contributed by atoms with Gasteiger partial charge in [0.15, 0.2) is 0 Å². The monoisotopic (exact) mass is 234 g/mol. The molecule has 1 fully saturated rings. The number of phenols is 1. The highest BCUT2D eigenvalue weighted by Gasteiger charge is 2.26. The first kappa shape index (κ1) is 12.4. The predicted octanol–water partition coefficient (Wildman–Crippen LogP) is 2.27. The van der Waals surface area contributed by atoms with E-state index in [1.807, 2.05) is 12.1 Å². The maximum Gasteiger partial charge on any atom is 0.115 e. The Bertz CT molecular complexity index is 367. The van der Waals surface area contributed by atoms with Crippen LogP contribution in [0.2, 0.25) is 0 Å². The highest BCUT2D eigenvalue weighted by Crippen LogP contribution is 2.29. The highest BCUT2D eigenvalue weighted by atomic mass is 16.3. The smallest absolute Gasteiger partial charge is 0.115 e. The number of rotatable bonds is 3. The zero-order valence-corrected chi connectivity index (χ0v) is 10.5. The second-order valence-electron chi connectivity index (χ2n) is 4.93. The molecule has 0 aromatic heterocycles. The molecule has 0 aliphatic carbocycles. The standard InChI is InChI=1S/C14H22N2O/c1-11-5-2-3-8-16(11)14(10-15)12-6-4-7-13(17)9-12/h4,6-7,9,11,14,17H,2-3,5,8,10,15H2,1H3. The Hall–Kier alpha value is -1.06. The molecule has 1 saturated heterocycles. The van der Waals surface area contributed by atoms with Gasteiger partial charge in [0, 0.05) is 18.6 Å². The maximum absolute atomic E-state index is 9.56. The molecule has 3 heteroatoms. The van der Waals surface area contributed by atoms with Crippen molar-refractivity contribution in [2.45, 2.75) is 38.3 Å². The summed E-state index contributed by atoms with van der Waals surface area (Å²) in [5.41, 5.74) is 7.05. The van der Waals surface area contributed by atoms with Crippen molar-refractivity contribution in [3.05, 3.63) is 29.8 Å². The third kappa shape index (κ3) is 2.79. The Kier molecular flexibility index (Phi) is 4.02. The highest BCUT2D eigenvalue weighted by molar-refractivity contribution is 5.29. The average molecular weight is 234 g/mol. The summed E-state index contributed by atoms with van der Waals surface area (Å²) in [6.07, 6.45) is 3.81. The number of nitrogens with two attached hydrogens (primary N) is 1. The Balaban J connectivity index is 2.20. The van der Waals surface area contributed by atoms with E-state index in [2.05, 4.69) is 17.9 Å². The van der Waals surface area contributed by atoms with E-state index in [1.54, 1.807) is 6.07 Å². The van der Waals surface area contributed by atoms with Crippen LogP contribution in [0.3, 0.4) is 0 Å². The van der Waals surface area contributed by atoms with E-state index >= 15 is 0 Å². The molecule has 3 N–H and O–H groups in total. The molecular formula is C14H22N2O. The number of benzene rings is 1. The molecule has 3 nitrogen and oxygen atoms in total. The van der Waals surface area contributed by atoms with Gasteiger partial charge in [-0.05, 0) is 44.0 Å². The van der Waals surface area contributed by atoms with E-state index in [-0.39, 0.29) is 6.04 Å². The van der Waals surface area contributed by atoms with Crippen LogP contribution in [-0.2, 0) is 0 Å². The molecule has 0 radical (unpaired) electrons. The minimum atomic E-state index is 0.234. The summed E-state index contributed by atoms with van der Waals surface area (Å²) in [4.78, 5) is 2.47. The summed E-state index contributed by atoms with van der Waals surface area (Å²) in [5, 5.41) is 9.56. The molecule has 2 unspecified atom stereocenters. The van der Waals surface area contributed by atoms with Crippen molar-refractivity contribution in [2.24, 2.45) is 5.73 Å². The molecule has 1 aromatic rings. The van der Waals surface area contributed by atoms with Gasteiger partial charge in [-0.1, -0.05) is 18.6 Å². The molecule has 1 aliphatic rings. The maximum atomic E-state index is 9.56. The summed E-state index contributed by atoms with van der Waals surface area (Å²) < 4.78 is 0. The Morgan fingerprint density at radius 2 is 2.29 bits per heavy atom. The van der Waals surface area contributed by atoms with E-state index < -0.39 is 0 Å². The normalized spacial score (nSPS) is 23.5. The molecule has 1 heterocycles. The van der Waals surface area contributed by atoms with Crippen LogP contribution in [0, 0.1) is 0 Å². The van der Waals surface area contributed by atoms with Crippen molar-refractivity contribution in [1.29, 1.82) is 0 Å². The fourth-order valence-electron chi connectivity index (χ4n) is 2.78. The number of hydrogen-bond acceptors (Lipinski definition) is 3. The number of hydrogen-bond donors (Lipinski definition) is 2. The lowest BCUT2D eigenvalue weighted by atomic mass is 9.97. The van der Waals surface area contributed by atoms with Crippen LogP contribution >= 0.6 is 0 Å². The van der Waals surface area contributed by atoms with Gasteiger partial charge in [0.05, 0.1) is 0 Å². The van der Waals surface area contributed by atoms with E-state index in [0.29, 0.717) is 18.3 Å². The summed E-state index contributed by atoms with van der Waals surface area (Å²) in [6, 6.07) is 8.30. The van der Waals surface area contributed by atoms with Gasteiger partial charge in [-0.2, -0.15) is 0 Å². The molecular weight excluding hydrogens is 212 g/mol. The van der Waals surface area contributed by atoms with E-state index in [4.69, 9.17) is 5.73 Å². The van der Waals surface area contributed by atoms with Crippen molar-refractivity contribution in [2.75, 3.05) is 13.1 Å². The molecule has 0 spiro atoms. The zero-order valence-electron chi connectivity index (χ0n) is 10.5. The summed E-state index contributed by atoms with van der Waals surface area (Å²) in [5.74, 6) is 0.325. The lowest BCUT2D eigenvalue weighted by Gasteiger charge is -2.39. The molecule has 0 bridgehead atoms. The van der Waals surface area contributed by atoms with Crippen LogP contribution in [0.15, 0.2) is 24.3 Å². The van der Waals surface area contributed by atoms with Crippen LogP contribution in [0.5, 0.6) is 5.75 Å². The molecule has 1 aliphatic heterocycles. The van der Waals surface area contributed by atoms with Crippen molar-refractivity contribution in [3.63, 3.8) is 0 Å². The van der Waals surface area contributed by atoms with Gasteiger partial charge in [-0.15, -0.1) is 0 Å². The SMILES string of the molecule is CC1CCCCN1C(CN)c1cccc(O)c1. The first-order valence-electron chi connectivity index (χ1n) is 6.47.